The SMILES string of the molecule is CCC1(CC)C[C@H](NC(=O)[C@H](C)Sc2ccccc2)c2ccccc2O1. The molecule has 2 aromatic carbocycles. The molecule has 1 heterocycles. The molecule has 0 aliphatic carbocycles. The summed E-state index contributed by atoms with van der Waals surface area (Å²) in [6.07, 6.45) is 2.67. The minimum atomic E-state index is -0.206. The Bertz CT molecular complexity index is 743. The van der Waals surface area contributed by atoms with Gasteiger partial charge < -0.3 is 10.1 Å². The summed E-state index contributed by atoms with van der Waals surface area (Å²) in [6, 6.07) is 18.1. The van der Waals surface area contributed by atoms with Crippen LogP contribution in [0.3, 0.4) is 0 Å². The molecule has 3 rings (SSSR count). The molecule has 0 radical (unpaired) electrons. The molecular formula is C22H27NO2S. The second kappa shape index (κ2) is 8.17. The summed E-state index contributed by atoms with van der Waals surface area (Å²) in [7, 11) is 0. The van der Waals surface area contributed by atoms with E-state index in [0.29, 0.717) is 0 Å². The summed E-state index contributed by atoms with van der Waals surface area (Å²) in [4.78, 5) is 14.0. The molecule has 1 N–H and O–H groups in total. The Balaban J connectivity index is 1.76. The van der Waals surface area contributed by atoms with Crippen LogP contribution in [-0.4, -0.2) is 16.8 Å². The maximum Gasteiger partial charge on any atom is 0.233 e. The fourth-order valence-corrected chi connectivity index (χ4v) is 4.37. The van der Waals surface area contributed by atoms with Crippen molar-refractivity contribution in [2.24, 2.45) is 0 Å². The predicted octanol–water partition coefficient (Wildman–Crippen LogP) is 5.37. The van der Waals surface area contributed by atoms with Crippen molar-refractivity contribution in [2.75, 3.05) is 0 Å². The average Bonchev–Trinajstić information content (AvgIpc) is 2.68. The number of benzene rings is 2. The number of para-hydroxylation sites is 1. The molecule has 1 aliphatic heterocycles. The number of carbonyl (C=O) groups excluding carboxylic acids is 1. The first-order chi connectivity index (χ1) is 12.6. The standard InChI is InChI=1S/C22H27NO2S/c1-4-22(5-2)15-19(18-13-9-10-14-20(18)25-22)23-21(24)16(3)26-17-11-7-6-8-12-17/h6-14,16,19H,4-5,15H2,1-3H3,(H,23,24)/t16-,19-/m0/s1. The zero-order valence-corrected chi connectivity index (χ0v) is 16.5. The Hall–Kier alpha value is -1.94. The maximum atomic E-state index is 12.8. The van der Waals surface area contributed by atoms with Crippen LogP contribution in [0.1, 0.15) is 51.6 Å². The molecule has 0 fully saturated rings. The van der Waals surface area contributed by atoms with Crippen LogP contribution in [0.5, 0.6) is 5.75 Å². The van der Waals surface area contributed by atoms with Gasteiger partial charge >= 0.3 is 0 Å². The number of carbonyl (C=O) groups is 1. The number of nitrogens with one attached hydrogen (secondary N) is 1. The molecular weight excluding hydrogens is 342 g/mol. The highest BCUT2D eigenvalue weighted by atomic mass is 32.2. The molecule has 1 aliphatic rings. The molecule has 3 nitrogen and oxygen atoms in total. The fourth-order valence-electron chi connectivity index (χ4n) is 3.48. The van der Waals surface area contributed by atoms with Crippen LogP contribution >= 0.6 is 11.8 Å². The molecule has 0 spiro atoms. The summed E-state index contributed by atoms with van der Waals surface area (Å²) in [5.74, 6) is 0.970. The van der Waals surface area contributed by atoms with Gasteiger partial charge in [-0.3, -0.25) is 4.79 Å². The lowest BCUT2D eigenvalue weighted by Crippen LogP contribution is -2.45. The molecule has 0 aromatic heterocycles. The van der Waals surface area contributed by atoms with E-state index in [0.717, 1.165) is 35.5 Å². The van der Waals surface area contributed by atoms with E-state index < -0.39 is 0 Å². The van der Waals surface area contributed by atoms with E-state index in [9.17, 15) is 4.79 Å². The van der Waals surface area contributed by atoms with Crippen molar-refractivity contribution >= 4 is 17.7 Å². The monoisotopic (exact) mass is 369 g/mol. The van der Waals surface area contributed by atoms with E-state index in [-0.39, 0.29) is 22.8 Å². The van der Waals surface area contributed by atoms with E-state index in [2.05, 4.69) is 25.2 Å². The van der Waals surface area contributed by atoms with E-state index >= 15 is 0 Å². The number of fused-ring (bicyclic) bond motifs is 1. The Morgan fingerprint density at radius 3 is 2.50 bits per heavy atom. The molecule has 138 valence electrons. The summed E-state index contributed by atoms with van der Waals surface area (Å²) < 4.78 is 6.33. The van der Waals surface area contributed by atoms with Gasteiger partial charge in [-0.25, -0.2) is 0 Å². The normalized spacial score (nSPS) is 19.1. The van der Waals surface area contributed by atoms with Gasteiger partial charge in [0.05, 0.1) is 11.3 Å². The molecule has 0 bridgehead atoms. The third kappa shape index (κ3) is 4.07. The van der Waals surface area contributed by atoms with Crippen molar-refractivity contribution in [2.45, 2.75) is 61.8 Å². The van der Waals surface area contributed by atoms with Crippen molar-refractivity contribution in [1.82, 2.24) is 5.32 Å². The number of amides is 1. The number of hydrogen-bond acceptors (Lipinski definition) is 3. The maximum absolute atomic E-state index is 12.8. The molecule has 4 heteroatoms. The van der Waals surface area contributed by atoms with E-state index in [4.69, 9.17) is 4.74 Å². The van der Waals surface area contributed by atoms with Crippen LogP contribution in [0, 0.1) is 0 Å². The summed E-state index contributed by atoms with van der Waals surface area (Å²) >= 11 is 1.59. The Morgan fingerprint density at radius 2 is 1.81 bits per heavy atom. The molecule has 0 saturated carbocycles. The lowest BCUT2D eigenvalue weighted by Gasteiger charge is -2.42. The highest BCUT2D eigenvalue weighted by molar-refractivity contribution is 8.00. The number of thioether (sulfide) groups is 1. The molecule has 0 unspecified atom stereocenters. The minimum absolute atomic E-state index is 0.00817. The second-order valence-electron chi connectivity index (χ2n) is 6.87. The van der Waals surface area contributed by atoms with Gasteiger partial charge in [-0.2, -0.15) is 0 Å². The Morgan fingerprint density at radius 1 is 1.15 bits per heavy atom. The molecule has 0 saturated heterocycles. The van der Waals surface area contributed by atoms with Crippen molar-refractivity contribution in [1.29, 1.82) is 0 Å². The lowest BCUT2D eigenvalue weighted by atomic mass is 9.83. The molecule has 2 aromatic rings. The zero-order valence-electron chi connectivity index (χ0n) is 15.7. The van der Waals surface area contributed by atoms with E-state index in [1.54, 1.807) is 11.8 Å². The van der Waals surface area contributed by atoms with Crippen molar-refractivity contribution in [3.63, 3.8) is 0 Å². The van der Waals surface area contributed by atoms with Crippen LogP contribution in [0.15, 0.2) is 59.5 Å². The van der Waals surface area contributed by atoms with E-state index in [1.807, 2.05) is 55.5 Å². The van der Waals surface area contributed by atoms with Gasteiger partial charge in [0, 0.05) is 16.9 Å². The minimum Gasteiger partial charge on any atom is -0.487 e. The largest absolute Gasteiger partial charge is 0.487 e. The average molecular weight is 370 g/mol. The second-order valence-corrected chi connectivity index (χ2v) is 8.28. The number of ether oxygens (including phenoxy) is 1. The quantitative estimate of drug-likeness (QED) is 0.696. The third-order valence-electron chi connectivity index (χ3n) is 5.23. The topological polar surface area (TPSA) is 38.3 Å². The summed E-state index contributed by atoms with van der Waals surface area (Å²) in [5.41, 5.74) is 0.873. The first-order valence-corrected chi connectivity index (χ1v) is 10.2. The van der Waals surface area contributed by atoms with Crippen LogP contribution < -0.4 is 10.1 Å². The van der Waals surface area contributed by atoms with Gasteiger partial charge in [-0.15, -0.1) is 11.8 Å². The third-order valence-corrected chi connectivity index (χ3v) is 6.34. The number of rotatable bonds is 6. The summed E-state index contributed by atoms with van der Waals surface area (Å²) in [5, 5.41) is 3.13. The van der Waals surface area contributed by atoms with Crippen molar-refractivity contribution in [3.05, 3.63) is 60.2 Å². The Labute approximate surface area is 160 Å². The molecule has 2 atom stereocenters. The zero-order chi connectivity index (χ0) is 18.6. The lowest BCUT2D eigenvalue weighted by molar-refractivity contribution is -0.121. The number of hydrogen-bond donors (Lipinski definition) is 1. The smallest absolute Gasteiger partial charge is 0.233 e. The highest BCUT2D eigenvalue weighted by Crippen LogP contribution is 2.42. The van der Waals surface area contributed by atoms with Gasteiger partial charge in [-0.05, 0) is 38.0 Å². The van der Waals surface area contributed by atoms with Crippen LogP contribution in [0.25, 0.3) is 0 Å². The first-order valence-electron chi connectivity index (χ1n) is 9.37. The summed E-state index contributed by atoms with van der Waals surface area (Å²) in [6.45, 7) is 6.28. The van der Waals surface area contributed by atoms with Crippen LogP contribution in [0.4, 0.5) is 0 Å². The van der Waals surface area contributed by atoms with Crippen LogP contribution in [-0.2, 0) is 4.79 Å². The molecule has 26 heavy (non-hydrogen) atoms. The first kappa shape index (κ1) is 18.8. The van der Waals surface area contributed by atoms with Crippen LogP contribution in [0.2, 0.25) is 0 Å². The fraction of sp³-hybridized carbons (Fsp3) is 0.409. The molecule has 1 amide bonds. The van der Waals surface area contributed by atoms with Gasteiger partial charge in [0.2, 0.25) is 5.91 Å². The highest BCUT2D eigenvalue weighted by Gasteiger charge is 2.39. The van der Waals surface area contributed by atoms with Gasteiger partial charge in [0.1, 0.15) is 11.4 Å². The van der Waals surface area contributed by atoms with Gasteiger partial charge in [0.15, 0.2) is 0 Å². The van der Waals surface area contributed by atoms with Crippen molar-refractivity contribution in [3.8, 4) is 5.75 Å². The van der Waals surface area contributed by atoms with Gasteiger partial charge in [-0.1, -0.05) is 50.2 Å². The van der Waals surface area contributed by atoms with Crippen molar-refractivity contribution < 1.29 is 9.53 Å². The van der Waals surface area contributed by atoms with E-state index in [1.165, 1.54) is 0 Å². The predicted molar refractivity (Wildman–Crippen MR) is 108 cm³/mol. The van der Waals surface area contributed by atoms with Gasteiger partial charge in [0.25, 0.3) is 0 Å². The Kier molecular flexibility index (Phi) is 5.92.